The Morgan fingerprint density at radius 1 is 1.28 bits per heavy atom. The summed E-state index contributed by atoms with van der Waals surface area (Å²) in [4.78, 5) is 8.41. The number of nitrogen functional groups attached to an aromatic ring is 1. The Labute approximate surface area is 119 Å². The van der Waals surface area contributed by atoms with Gasteiger partial charge in [0, 0.05) is 0 Å². The molecule has 0 atom stereocenters. The zero-order valence-electron chi connectivity index (χ0n) is 10.3. The second-order valence-corrected chi connectivity index (χ2v) is 6.13. The maximum atomic E-state index is 5.91. The predicted octanol–water partition coefficient (Wildman–Crippen LogP) is 2.76. The number of hydrogen-bond donors (Lipinski definition) is 1. The molecule has 0 aromatic carbocycles. The lowest BCUT2D eigenvalue weighted by molar-refractivity contribution is 0.278. The molecule has 0 unspecified atom stereocenters. The highest BCUT2D eigenvalue weighted by Gasteiger charge is 2.24. The van der Waals surface area contributed by atoms with Crippen molar-refractivity contribution in [2.24, 2.45) is 5.92 Å². The van der Waals surface area contributed by atoms with Gasteiger partial charge in [-0.25, -0.2) is 14.6 Å². The van der Waals surface area contributed by atoms with E-state index < -0.39 is 0 Å². The van der Waals surface area contributed by atoms with Gasteiger partial charge in [0.2, 0.25) is 0 Å². The van der Waals surface area contributed by atoms with E-state index in [0.29, 0.717) is 11.9 Å². The average molecular weight is 357 g/mol. The van der Waals surface area contributed by atoms with Crippen molar-refractivity contribution in [3.05, 3.63) is 10.0 Å². The number of halogens is 1. The lowest BCUT2D eigenvalue weighted by atomic mass is 9.87. The number of anilines is 1. The van der Waals surface area contributed by atoms with Crippen LogP contribution in [0.15, 0.2) is 6.33 Å². The molecule has 2 aromatic heterocycles. The zero-order chi connectivity index (χ0) is 12.7. The Balaban J connectivity index is 2.05. The van der Waals surface area contributed by atoms with Crippen LogP contribution in [0.4, 0.5) is 5.82 Å². The van der Waals surface area contributed by atoms with Gasteiger partial charge in [0.05, 0.1) is 11.4 Å². The van der Waals surface area contributed by atoms with E-state index in [2.05, 4.69) is 49.3 Å². The first kappa shape index (κ1) is 12.1. The number of hydrogen-bond acceptors (Lipinski definition) is 4. The first-order valence-electron chi connectivity index (χ1n) is 6.31. The van der Waals surface area contributed by atoms with E-state index in [-0.39, 0.29) is 0 Å². The molecule has 6 heteroatoms. The van der Waals surface area contributed by atoms with Crippen LogP contribution < -0.4 is 5.73 Å². The fourth-order valence-corrected chi connectivity index (χ4v) is 3.44. The van der Waals surface area contributed by atoms with E-state index in [0.717, 1.165) is 20.7 Å². The minimum atomic E-state index is 0.460. The van der Waals surface area contributed by atoms with E-state index in [4.69, 9.17) is 5.73 Å². The smallest absolute Gasteiger partial charge is 0.164 e. The number of nitrogens with two attached hydrogens (primary N) is 1. The first-order valence-corrected chi connectivity index (χ1v) is 7.39. The highest BCUT2D eigenvalue weighted by molar-refractivity contribution is 14.1. The second-order valence-electron chi connectivity index (χ2n) is 5.11. The van der Waals surface area contributed by atoms with Crippen LogP contribution in [-0.2, 0) is 0 Å². The van der Waals surface area contributed by atoms with Gasteiger partial charge in [-0.3, -0.25) is 0 Å². The number of rotatable bonds is 1. The quantitative estimate of drug-likeness (QED) is 0.797. The summed E-state index contributed by atoms with van der Waals surface area (Å²) in [5.41, 5.74) is 6.79. The van der Waals surface area contributed by atoms with Gasteiger partial charge in [-0.15, -0.1) is 0 Å². The van der Waals surface area contributed by atoms with Crippen molar-refractivity contribution in [2.45, 2.75) is 38.6 Å². The molecule has 2 heterocycles. The minimum absolute atomic E-state index is 0.460. The highest BCUT2D eigenvalue weighted by Crippen LogP contribution is 2.34. The van der Waals surface area contributed by atoms with Crippen LogP contribution in [0.1, 0.15) is 38.6 Å². The molecule has 1 saturated carbocycles. The maximum absolute atomic E-state index is 5.91. The summed E-state index contributed by atoms with van der Waals surface area (Å²) < 4.78 is 2.96. The Kier molecular flexibility index (Phi) is 3.13. The van der Waals surface area contributed by atoms with Crippen molar-refractivity contribution in [3.63, 3.8) is 0 Å². The van der Waals surface area contributed by atoms with E-state index in [1.807, 2.05) is 0 Å². The van der Waals surface area contributed by atoms with Crippen LogP contribution >= 0.6 is 22.6 Å². The predicted molar refractivity (Wildman–Crippen MR) is 79.1 cm³/mol. The maximum Gasteiger partial charge on any atom is 0.164 e. The lowest BCUT2D eigenvalue weighted by Crippen LogP contribution is -2.18. The SMILES string of the molecule is C[C@H]1CC[C@H](n2nc(I)c3c(N)ncnc32)CC1. The summed E-state index contributed by atoms with van der Waals surface area (Å²) in [5.74, 6) is 1.36. The summed E-state index contributed by atoms with van der Waals surface area (Å²) in [5, 5.41) is 5.52. The van der Waals surface area contributed by atoms with Crippen molar-refractivity contribution in [2.75, 3.05) is 5.73 Å². The van der Waals surface area contributed by atoms with Gasteiger partial charge in [0.25, 0.3) is 0 Å². The number of nitrogens with zero attached hydrogens (tertiary/aromatic N) is 4. The monoisotopic (exact) mass is 357 g/mol. The van der Waals surface area contributed by atoms with Crippen molar-refractivity contribution in [1.82, 2.24) is 19.7 Å². The average Bonchev–Trinajstić information content (AvgIpc) is 2.69. The van der Waals surface area contributed by atoms with Crippen LogP contribution in [0.2, 0.25) is 0 Å². The van der Waals surface area contributed by atoms with E-state index in [1.165, 1.54) is 32.0 Å². The second kappa shape index (κ2) is 4.64. The molecule has 18 heavy (non-hydrogen) atoms. The molecular weight excluding hydrogens is 341 g/mol. The topological polar surface area (TPSA) is 69.6 Å². The molecule has 1 aliphatic carbocycles. The summed E-state index contributed by atoms with van der Waals surface area (Å²) in [6, 6.07) is 0.460. The molecule has 0 radical (unpaired) electrons. The Morgan fingerprint density at radius 3 is 2.72 bits per heavy atom. The van der Waals surface area contributed by atoms with Crippen LogP contribution in [-0.4, -0.2) is 19.7 Å². The summed E-state index contributed by atoms with van der Waals surface area (Å²) in [6.07, 6.45) is 6.42. The molecule has 1 fully saturated rings. The van der Waals surface area contributed by atoms with Crippen molar-refractivity contribution < 1.29 is 0 Å². The molecular formula is C12H16IN5. The Bertz CT molecular complexity index is 571. The molecule has 5 nitrogen and oxygen atoms in total. The zero-order valence-corrected chi connectivity index (χ0v) is 12.5. The molecule has 2 N–H and O–H groups in total. The standard InChI is InChI=1S/C12H16IN5/c1-7-2-4-8(5-3-7)18-12-9(10(13)17-18)11(14)15-6-16-12/h6-8H,2-5H2,1H3,(H2,14,15,16)/t7-,8-. The van der Waals surface area contributed by atoms with Gasteiger partial charge in [-0.1, -0.05) is 6.92 Å². The molecule has 3 rings (SSSR count). The van der Waals surface area contributed by atoms with Crippen LogP contribution in [0.5, 0.6) is 0 Å². The van der Waals surface area contributed by atoms with Gasteiger partial charge < -0.3 is 5.73 Å². The highest BCUT2D eigenvalue weighted by atomic mass is 127. The molecule has 0 aliphatic heterocycles. The lowest BCUT2D eigenvalue weighted by Gasteiger charge is -2.26. The van der Waals surface area contributed by atoms with Gasteiger partial charge in [0.15, 0.2) is 5.65 Å². The van der Waals surface area contributed by atoms with Gasteiger partial charge in [0.1, 0.15) is 15.8 Å². The summed E-state index contributed by atoms with van der Waals surface area (Å²) >= 11 is 2.21. The number of aromatic nitrogens is 4. The molecule has 0 saturated heterocycles. The Hall–Kier alpha value is -0.920. The largest absolute Gasteiger partial charge is 0.383 e. The summed E-state index contributed by atoms with van der Waals surface area (Å²) in [6.45, 7) is 2.32. The first-order chi connectivity index (χ1) is 8.66. The minimum Gasteiger partial charge on any atom is -0.383 e. The molecule has 0 bridgehead atoms. The van der Waals surface area contributed by atoms with E-state index >= 15 is 0 Å². The van der Waals surface area contributed by atoms with E-state index in [9.17, 15) is 0 Å². The van der Waals surface area contributed by atoms with E-state index in [1.54, 1.807) is 0 Å². The van der Waals surface area contributed by atoms with Crippen molar-refractivity contribution in [3.8, 4) is 0 Å². The third kappa shape index (κ3) is 1.96. The van der Waals surface area contributed by atoms with Crippen LogP contribution in [0.3, 0.4) is 0 Å². The third-order valence-electron chi connectivity index (χ3n) is 3.81. The van der Waals surface area contributed by atoms with Crippen LogP contribution in [0, 0.1) is 9.62 Å². The fourth-order valence-electron chi connectivity index (χ4n) is 2.69. The van der Waals surface area contributed by atoms with Crippen molar-refractivity contribution >= 4 is 39.4 Å². The molecule has 0 spiro atoms. The van der Waals surface area contributed by atoms with Gasteiger partial charge in [-0.2, -0.15) is 5.10 Å². The fraction of sp³-hybridized carbons (Fsp3) is 0.583. The number of fused-ring (bicyclic) bond motifs is 1. The molecule has 96 valence electrons. The van der Waals surface area contributed by atoms with Crippen molar-refractivity contribution in [1.29, 1.82) is 0 Å². The van der Waals surface area contributed by atoms with Gasteiger partial charge >= 0.3 is 0 Å². The molecule has 0 amide bonds. The molecule has 2 aromatic rings. The third-order valence-corrected chi connectivity index (χ3v) is 4.56. The normalized spacial score (nSPS) is 24.6. The van der Waals surface area contributed by atoms with Crippen LogP contribution in [0.25, 0.3) is 11.0 Å². The Morgan fingerprint density at radius 2 is 2.00 bits per heavy atom. The summed E-state index contributed by atoms with van der Waals surface area (Å²) in [7, 11) is 0. The van der Waals surface area contributed by atoms with Gasteiger partial charge in [-0.05, 0) is 54.2 Å². The molecule has 1 aliphatic rings.